The number of nitrogens with zero attached hydrogens (tertiary/aromatic N) is 3. The maximum atomic E-state index is 12.4. The van der Waals surface area contributed by atoms with Crippen molar-refractivity contribution in [3.63, 3.8) is 0 Å². The number of ether oxygens (including phenoxy) is 1. The summed E-state index contributed by atoms with van der Waals surface area (Å²) in [5.74, 6) is 1.19. The molecule has 0 spiro atoms. The van der Waals surface area contributed by atoms with Crippen LogP contribution in [0.2, 0.25) is 0 Å². The van der Waals surface area contributed by atoms with Crippen molar-refractivity contribution in [3.8, 4) is 28.4 Å². The van der Waals surface area contributed by atoms with Crippen LogP contribution in [0.3, 0.4) is 0 Å². The summed E-state index contributed by atoms with van der Waals surface area (Å²) in [4.78, 5) is 30.7. The number of imide groups is 1. The second-order valence-electron chi connectivity index (χ2n) is 8.21. The first kappa shape index (κ1) is 20.1. The van der Waals surface area contributed by atoms with Gasteiger partial charge in [-0.15, -0.1) is 0 Å². The normalized spacial score (nSPS) is 18.0. The lowest BCUT2D eigenvalue weighted by Crippen LogP contribution is -2.50. The Balaban J connectivity index is 1.43. The van der Waals surface area contributed by atoms with E-state index >= 15 is 0 Å². The van der Waals surface area contributed by atoms with Crippen LogP contribution in [0.15, 0.2) is 55.2 Å². The van der Waals surface area contributed by atoms with E-state index in [1.54, 1.807) is 7.11 Å². The van der Waals surface area contributed by atoms with Crippen molar-refractivity contribution < 1.29 is 14.3 Å². The van der Waals surface area contributed by atoms with Crippen LogP contribution in [0, 0.1) is 0 Å². The summed E-state index contributed by atoms with van der Waals surface area (Å²) < 4.78 is 7.35. The number of aryl methyl sites for hydroxylation is 1. The Morgan fingerprint density at radius 3 is 2.78 bits per heavy atom. The van der Waals surface area contributed by atoms with Gasteiger partial charge in [0, 0.05) is 48.6 Å². The monoisotopic (exact) mass is 428 g/mol. The second-order valence-corrected chi connectivity index (χ2v) is 8.21. The molecular weight excluding hydrogens is 404 g/mol. The summed E-state index contributed by atoms with van der Waals surface area (Å²) in [6.45, 7) is 4.80. The number of hydrogen-bond acceptors (Lipinski definition) is 5. The zero-order valence-electron chi connectivity index (χ0n) is 18.1. The molecular formula is C25H24N4O3. The highest BCUT2D eigenvalue weighted by atomic mass is 16.5. The molecule has 1 saturated heterocycles. The summed E-state index contributed by atoms with van der Waals surface area (Å²) in [6, 6.07) is 13.7. The molecule has 1 aromatic heterocycles. The minimum Gasteiger partial charge on any atom is -0.497 e. The molecule has 2 aromatic carbocycles. The number of amides is 2. The molecule has 0 saturated carbocycles. The molecule has 3 aromatic rings. The number of aromatic nitrogens is 2. The smallest absolute Gasteiger partial charge is 0.249 e. The SMILES string of the molecule is C=C1c2ccc(-c3cn(C)c(-c4cccc(OC)c4)n3)cc2CN1C1CCC(=O)NC1=O. The number of benzene rings is 2. The minimum atomic E-state index is -0.370. The predicted octanol–water partition coefficient (Wildman–Crippen LogP) is 3.35. The maximum absolute atomic E-state index is 12.4. The number of fused-ring (bicyclic) bond motifs is 1. The van der Waals surface area contributed by atoms with Gasteiger partial charge in [0.05, 0.1) is 12.8 Å². The van der Waals surface area contributed by atoms with Gasteiger partial charge in [0.25, 0.3) is 0 Å². The van der Waals surface area contributed by atoms with E-state index in [-0.39, 0.29) is 17.9 Å². The topological polar surface area (TPSA) is 76.5 Å². The van der Waals surface area contributed by atoms with Gasteiger partial charge in [-0.25, -0.2) is 4.98 Å². The lowest BCUT2D eigenvalue weighted by molar-refractivity contribution is -0.136. The molecule has 2 amide bonds. The molecule has 1 fully saturated rings. The van der Waals surface area contributed by atoms with Gasteiger partial charge in [-0.1, -0.05) is 30.8 Å². The summed E-state index contributed by atoms with van der Waals surface area (Å²) in [5, 5.41) is 2.44. The predicted molar refractivity (Wildman–Crippen MR) is 121 cm³/mol. The number of hydrogen-bond donors (Lipinski definition) is 1. The Labute approximate surface area is 186 Å². The zero-order chi connectivity index (χ0) is 22.4. The van der Waals surface area contributed by atoms with Crippen molar-refractivity contribution in [2.45, 2.75) is 25.4 Å². The van der Waals surface area contributed by atoms with Crippen molar-refractivity contribution in [2.75, 3.05) is 7.11 Å². The minimum absolute atomic E-state index is 0.210. The fraction of sp³-hybridized carbons (Fsp3) is 0.240. The van der Waals surface area contributed by atoms with Crippen molar-refractivity contribution in [1.82, 2.24) is 19.8 Å². The summed E-state index contributed by atoms with van der Waals surface area (Å²) >= 11 is 0. The molecule has 162 valence electrons. The summed E-state index contributed by atoms with van der Waals surface area (Å²) in [5.41, 5.74) is 5.81. The molecule has 0 radical (unpaired) electrons. The zero-order valence-corrected chi connectivity index (χ0v) is 18.1. The molecule has 7 nitrogen and oxygen atoms in total. The molecule has 1 N–H and O–H groups in total. The fourth-order valence-electron chi connectivity index (χ4n) is 4.51. The number of carbonyl (C=O) groups is 2. The van der Waals surface area contributed by atoms with E-state index in [0.29, 0.717) is 19.4 Å². The second kappa shape index (κ2) is 7.67. The fourth-order valence-corrected chi connectivity index (χ4v) is 4.51. The number of carbonyl (C=O) groups excluding carboxylic acids is 2. The van der Waals surface area contributed by atoms with Crippen molar-refractivity contribution in [3.05, 3.63) is 66.4 Å². The van der Waals surface area contributed by atoms with Gasteiger partial charge in [0.15, 0.2) is 0 Å². The van der Waals surface area contributed by atoms with Gasteiger partial charge in [-0.2, -0.15) is 0 Å². The van der Waals surface area contributed by atoms with Crippen LogP contribution in [0.25, 0.3) is 28.3 Å². The van der Waals surface area contributed by atoms with E-state index in [4.69, 9.17) is 9.72 Å². The Hall–Kier alpha value is -3.87. The third kappa shape index (κ3) is 3.36. The van der Waals surface area contributed by atoms with Crippen LogP contribution in [0.5, 0.6) is 5.75 Å². The van der Waals surface area contributed by atoms with Gasteiger partial charge < -0.3 is 14.2 Å². The number of methoxy groups -OCH3 is 1. The Kier molecular flexibility index (Phi) is 4.81. The van der Waals surface area contributed by atoms with Crippen LogP contribution in [-0.4, -0.2) is 39.4 Å². The van der Waals surface area contributed by atoms with Gasteiger partial charge in [-0.05, 0) is 30.2 Å². The number of piperidine rings is 1. The first-order valence-corrected chi connectivity index (χ1v) is 10.6. The van der Waals surface area contributed by atoms with Crippen molar-refractivity contribution in [2.24, 2.45) is 7.05 Å². The van der Waals surface area contributed by atoms with Gasteiger partial charge in [0.1, 0.15) is 17.6 Å². The van der Waals surface area contributed by atoms with E-state index in [2.05, 4.69) is 18.0 Å². The van der Waals surface area contributed by atoms with Crippen LogP contribution in [0.1, 0.15) is 24.0 Å². The van der Waals surface area contributed by atoms with Crippen LogP contribution >= 0.6 is 0 Å². The molecule has 5 rings (SSSR count). The average Bonchev–Trinajstić information content (AvgIpc) is 3.33. The Bertz CT molecular complexity index is 1260. The molecule has 1 unspecified atom stereocenters. The van der Waals surface area contributed by atoms with E-state index in [0.717, 1.165) is 45.2 Å². The quantitative estimate of drug-likeness (QED) is 0.645. The lowest BCUT2D eigenvalue weighted by Gasteiger charge is -2.31. The van der Waals surface area contributed by atoms with Gasteiger partial charge in [-0.3, -0.25) is 14.9 Å². The number of rotatable bonds is 4. The highest BCUT2D eigenvalue weighted by Crippen LogP contribution is 2.37. The molecule has 1 atom stereocenters. The van der Waals surface area contributed by atoms with Crippen molar-refractivity contribution >= 4 is 17.5 Å². The highest BCUT2D eigenvalue weighted by Gasteiger charge is 2.36. The molecule has 3 heterocycles. The Morgan fingerprint density at radius 1 is 1.16 bits per heavy atom. The van der Waals surface area contributed by atoms with Crippen LogP contribution in [-0.2, 0) is 23.2 Å². The lowest BCUT2D eigenvalue weighted by atomic mass is 10.0. The van der Waals surface area contributed by atoms with E-state index in [1.165, 1.54) is 0 Å². The third-order valence-corrected chi connectivity index (χ3v) is 6.19. The summed E-state index contributed by atoms with van der Waals surface area (Å²) in [6.07, 6.45) is 2.87. The van der Waals surface area contributed by atoms with E-state index < -0.39 is 0 Å². The Morgan fingerprint density at radius 2 is 2.00 bits per heavy atom. The van der Waals surface area contributed by atoms with Crippen LogP contribution in [0.4, 0.5) is 0 Å². The van der Waals surface area contributed by atoms with Gasteiger partial charge >= 0.3 is 0 Å². The number of nitrogens with one attached hydrogen (secondary N) is 1. The van der Waals surface area contributed by atoms with E-state index in [9.17, 15) is 9.59 Å². The number of imidazole rings is 1. The molecule has 0 aliphatic carbocycles. The summed E-state index contributed by atoms with van der Waals surface area (Å²) in [7, 11) is 3.63. The average molecular weight is 428 g/mol. The molecule has 2 aliphatic rings. The first-order valence-electron chi connectivity index (χ1n) is 10.6. The largest absolute Gasteiger partial charge is 0.497 e. The molecule has 7 heteroatoms. The standard InChI is InChI=1S/C25H24N4O3/c1-15-20-8-7-16(11-18(20)13-29(15)22-9-10-23(30)27-25(22)31)21-14-28(2)24(26-21)17-5-4-6-19(12-17)32-3/h4-8,11-12,14,22H,1,9-10,13H2,2-3H3,(H,27,30,31). The van der Waals surface area contributed by atoms with Gasteiger partial charge in [0.2, 0.25) is 11.8 Å². The molecule has 32 heavy (non-hydrogen) atoms. The molecule has 0 bridgehead atoms. The first-order chi connectivity index (χ1) is 15.4. The maximum Gasteiger partial charge on any atom is 0.249 e. The van der Waals surface area contributed by atoms with Crippen LogP contribution < -0.4 is 10.1 Å². The highest BCUT2D eigenvalue weighted by molar-refractivity contribution is 6.01. The van der Waals surface area contributed by atoms with E-state index in [1.807, 2.05) is 59.1 Å². The molecule has 2 aliphatic heterocycles. The third-order valence-electron chi connectivity index (χ3n) is 6.19. The van der Waals surface area contributed by atoms with Crippen molar-refractivity contribution in [1.29, 1.82) is 0 Å².